The fourth-order valence-electron chi connectivity index (χ4n) is 3.81. The first-order valence-electron chi connectivity index (χ1n) is 6.35. The van der Waals surface area contributed by atoms with Crippen LogP contribution >= 0.6 is 0 Å². The highest BCUT2D eigenvalue weighted by Crippen LogP contribution is 2.38. The minimum absolute atomic E-state index is 0.579. The van der Waals surface area contributed by atoms with Crippen molar-refractivity contribution in [2.24, 2.45) is 5.92 Å². The quantitative estimate of drug-likeness (QED) is 0.630. The number of hydrogen-bond acceptors (Lipinski definition) is 2. The topological polar surface area (TPSA) is 15.3 Å². The van der Waals surface area contributed by atoms with Crippen LogP contribution in [0.3, 0.4) is 0 Å². The summed E-state index contributed by atoms with van der Waals surface area (Å²) in [7, 11) is 0. The predicted octanol–water partition coefficient (Wildman–Crippen LogP) is 1.61. The Morgan fingerprint density at radius 2 is 2.00 bits per heavy atom. The van der Waals surface area contributed by atoms with Crippen LogP contribution < -0.4 is 5.32 Å². The third kappa shape index (κ3) is 1.40. The average molecular weight is 194 g/mol. The van der Waals surface area contributed by atoms with Crippen molar-refractivity contribution in [2.45, 2.75) is 44.1 Å². The van der Waals surface area contributed by atoms with E-state index in [4.69, 9.17) is 0 Å². The van der Waals surface area contributed by atoms with Crippen molar-refractivity contribution in [3.05, 3.63) is 0 Å². The molecule has 2 heteroatoms. The molecule has 1 saturated carbocycles. The van der Waals surface area contributed by atoms with Gasteiger partial charge in [-0.15, -0.1) is 0 Å². The molecular formula is C12H22N2. The van der Waals surface area contributed by atoms with Crippen molar-refractivity contribution in [2.75, 3.05) is 26.2 Å². The van der Waals surface area contributed by atoms with Crippen LogP contribution in [0.2, 0.25) is 0 Å². The van der Waals surface area contributed by atoms with E-state index in [1.807, 2.05) is 0 Å². The molecule has 3 aliphatic rings. The average Bonchev–Trinajstić information content (AvgIpc) is 2.64. The third-order valence-electron chi connectivity index (χ3n) is 4.61. The highest BCUT2D eigenvalue weighted by Gasteiger charge is 2.42. The molecule has 2 nitrogen and oxygen atoms in total. The van der Waals surface area contributed by atoms with Gasteiger partial charge in [0, 0.05) is 18.6 Å². The molecule has 2 saturated heterocycles. The molecule has 2 bridgehead atoms. The Morgan fingerprint density at radius 3 is 2.86 bits per heavy atom. The SMILES string of the molecule is C1CC2CNCC3(CCCC3)N(C1)C2. The molecule has 0 amide bonds. The maximum Gasteiger partial charge on any atom is 0.0334 e. The van der Waals surface area contributed by atoms with Crippen molar-refractivity contribution in [3.63, 3.8) is 0 Å². The molecule has 1 aliphatic carbocycles. The van der Waals surface area contributed by atoms with Gasteiger partial charge in [0.15, 0.2) is 0 Å². The lowest BCUT2D eigenvalue weighted by Crippen LogP contribution is -2.52. The summed E-state index contributed by atoms with van der Waals surface area (Å²) in [5.41, 5.74) is 0.579. The summed E-state index contributed by atoms with van der Waals surface area (Å²) in [5.74, 6) is 0.948. The van der Waals surface area contributed by atoms with Gasteiger partial charge in [-0.05, 0) is 44.7 Å². The molecule has 2 aliphatic heterocycles. The molecule has 14 heavy (non-hydrogen) atoms. The van der Waals surface area contributed by atoms with Crippen LogP contribution in [-0.2, 0) is 0 Å². The van der Waals surface area contributed by atoms with E-state index in [1.54, 1.807) is 0 Å². The number of rotatable bonds is 0. The summed E-state index contributed by atoms with van der Waals surface area (Å²) in [6.07, 6.45) is 8.72. The van der Waals surface area contributed by atoms with E-state index in [-0.39, 0.29) is 0 Å². The molecule has 3 rings (SSSR count). The summed E-state index contributed by atoms with van der Waals surface area (Å²) < 4.78 is 0. The van der Waals surface area contributed by atoms with Crippen molar-refractivity contribution < 1.29 is 0 Å². The van der Waals surface area contributed by atoms with Gasteiger partial charge in [-0.3, -0.25) is 4.90 Å². The number of nitrogens with one attached hydrogen (secondary N) is 1. The van der Waals surface area contributed by atoms with Gasteiger partial charge < -0.3 is 5.32 Å². The van der Waals surface area contributed by atoms with Crippen molar-refractivity contribution in [3.8, 4) is 0 Å². The van der Waals surface area contributed by atoms with Gasteiger partial charge in [-0.1, -0.05) is 12.8 Å². The van der Waals surface area contributed by atoms with Gasteiger partial charge in [0.2, 0.25) is 0 Å². The molecule has 2 heterocycles. The van der Waals surface area contributed by atoms with Crippen molar-refractivity contribution in [1.82, 2.24) is 10.2 Å². The van der Waals surface area contributed by atoms with E-state index >= 15 is 0 Å². The van der Waals surface area contributed by atoms with Crippen LogP contribution in [0, 0.1) is 5.92 Å². The molecule has 80 valence electrons. The van der Waals surface area contributed by atoms with E-state index in [1.165, 1.54) is 64.7 Å². The lowest BCUT2D eigenvalue weighted by Gasteiger charge is -2.43. The smallest absolute Gasteiger partial charge is 0.0334 e. The van der Waals surface area contributed by atoms with E-state index in [0.717, 1.165) is 5.92 Å². The van der Waals surface area contributed by atoms with Gasteiger partial charge in [0.1, 0.15) is 0 Å². The van der Waals surface area contributed by atoms with Gasteiger partial charge in [-0.25, -0.2) is 0 Å². The minimum atomic E-state index is 0.579. The molecule has 0 aromatic rings. The Labute approximate surface area is 87.0 Å². The highest BCUT2D eigenvalue weighted by molar-refractivity contribution is 5.00. The Morgan fingerprint density at radius 1 is 1.14 bits per heavy atom. The first-order valence-corrected chi connectivity index (χ1v) is 6.35. The maximum atomic E-state index is 3.71. The number of nitrogens with zero attached hydrogens (tertiary/aromatic N) is 1. The van der Waals surface area contributed by atoms with Gasteiger partial charge in [0.05, 0.1) is 0 Å². The molecule has 2 unspecified atom stereocenters. The van der Waals surface area contributed by atoms with Crippen molar-refractivity contribution >= 4 is 0 Å². The van der Waals surface area contributed by atoms with Crippen LogP contribution in [0.4, 0.5) is 0 Å². The molecule has 1 N–H and O–H groups in total. The van der Waals surface area contributed by atoms with Gasteiger partial charge >= 0.3 is 0 Å². The van der Waals surface area contributed by atoms with Crippen molar-refractivity contribution in [1.29, 1.82) is 0 Å². The number of hydrogen-bond donors (Lipinski definition) is 1. The molecular weight excluding hydrogens is 172 g/mol. The van der Waals surface area contributed by atoms with Crippen LogP contribution in [0.25, 0.3) is 0 Å². The van der Waals surface area contributed by atoms with Crippen LogP contribution in [-0.4, -0.2) is 36.6 Å². The Kier molecular flexibility index (Phi) is 2.29. The standard InChI is InChI=1S/C12H22N2/c1-2-6-12(5-1)10-13-8-11-4-3-7-14(12)9-11/h11,13H,1-10H2. The van der Waals surface area contributed by atoms with E-state index in [0.29, 0.717) is 5.54 Å². The fraction of sp³-hybridized carbons (Fsp3) is 1.00. The second-order valence-electron chi connectivity index (χ2n) is 5.52. The zero-order valence-electron chi connectivity index (χ0n) is 9.10. The summed E-state index contributed by atoms with van der Waals surface area (Å²) >= 11 is 0. The summed E-state index contributed by atoms with van der Waals surface area (Å²) in [4.78, 5) is 2.83. The second kappa shape index (κ2) is 3.49. The van der Waals surface area contributed by atoms with Crippen LogP contribution in [0.1, 0.15) is 38.5 Å². The van der Waals surface area contributed by atoms with Gasteiger partial charge in [0.25, 0.3) is 0 Å². The number of piperidine rings is 1. The first kappa shape index (κ1) is 9.17. The maximum absolute atomic E-state index is 3.71. The van der Waals surface area contributed by atoms with E-state index in [9.17, 15) is 0 Å². The monoisotopic (exact) mass is 194 g/mol. The van der Waals surface area contributed by atoms with Gasteiger partial charge in [-0.2, -0.15) is 0 Å². The van der Waals surface area contributed by atoms with E-state index in [2.05, 4.69) is 10.2 Å². The number of fused-ring (bicyclic) bond motifs is 3. The predicted molar refractivity (Wildman–Crippen MR) is 58.4 cm³/mol. The summed E-state index contributed by atoms with van der Waals surface area (Å²) in [5, 5.41) is 3.71. The zero-order chi connectivity index (χ0) is 9.43. The lowest BCUT2D eigenvalue weighted by molar-refractivity contribution is 0.0686. The Hall–Kier alpha value is -0.0800. The summed E-state index contributed by atoms with van der Waals surface area (Å²) in [6.45, 7) is 5.30. The molecule has 0 aromatic carbocycles. The molecule has 3 fully saturated rings. The first-order chi connectivity index (χ1) is 6.89. The summed E-state index contributed by atoms with van der Waals surface area (Å²) in [6, 6.07) is 0. The normalized spacial score (nSPS) is 41.1. The molecule has 2 atom stereocenters. The van der Waals surface area contributed by atoms with Crippen LogP contribution in [0.5, 0.6) is 0 Å². The Bertz CT molecular complexity index is 208. The highest BCUT2D eigenvalue weighted by atomic mass is 15.2. The minimum Gasteiger partial charge on any atom is -0.315 e. The molecule has 1 spiro atoms. The second-order valence-corrected chi connectivity index (χ2v) is 5.52. The Balaban J connectivity index is 1.82. The third-order valence-corrected chi connectivity index (χ3v) is 4.61. The van der Waals surface area contributed by atoms with Crippen LogP contribution in [0.15, 0.2) is 0 Å². The fourth-order valence-corrected chi connectivity index (χ4v) is 3.81. The molecule has 0 radical (unpaired) electrons. The van der Waals surface area contributed by atoms with E-state index < -0.39 is 0 Å². The zero-order valence-corrected chi connectivity index (χ0v) is 9.10. The largest absolute Gasteiger partial charge is 0.315 e. The molecule has 0 aromatic heterocycles. The lowest BCUT2D eigenvalue weighted by atomic mass is 9.91.